The highest BCUT2D eigenvalue weighted by Gasteiger charge is 2.06. The molecule has 23 heavy (non-hydrogen) atoms. The van der Waals surface area contributed by atoms with Crippen LogP contribution in [-0.4, -0.2) is 37.2 Å². The van der Waals surface area contributed by atoms with Crippen molar-refractivity contribution in [2.24, 2.45) is 10.7 Å². The molecule has 2 aromatic rings. The van der Waals surface area contributed by atoms with E-state index in [1.807, 2.05) is 6.92 Å². The summed E-state index contributed by atoms with van der Waals surface area (Å²) in [5.41, 5.74) is 9.80. The van der Waals surface area contributed by atoms with E-state index in [2.05, 4.69) is 46.6 Å². The highest BCUT2D eigenvalue weighted by Crippen LogP contribution is 2.22. The Balaban J connectivity index is 1.81. The van der Waals surface area contributed by atoms with E-state index in [4.69, 9.17) is 10.5 Å². The van der Waals surface area contributed by atoms with Crippen molar-refractivity contribution in [2.75, 3.05) is 26.3 Å². The Morgan fingerprint density at radius 3 is 2.96 bits per heavy atom. The maximum absolute atomic E-state index is 5.88. The summed E-state index contributed by atoms with van der Waals surface area (Å²) in [7, 11) is 0. The van der Waals surface area contributed by atoms with Gasteiger partial charge in [-0.05, 0) is 37.3 Å². The van der Waals surface area contributed by atoms with E-state index in [9.17, 15) is 0 Å². The molecule has 1 aromatic carbocycles. The molecule has 4 N–H and O–H groups in total. The lowest BCUT2D eigenvalue weighted by Crippen LogP contribution is -2.33. The van der Waals surface area contributed by atoms with Crippen molar-refractivity contribution in [1.29, 1.82) is 0 Å². The lowest BCUT2D eigenvalue weighted by Gasteiger charge is -2.06. The number of aromatic amines is 1. The Kier molecular flexibility index (Phi) is 6.94. The molecule has 0 fully saturated rings. The van der Waals surface area contributed by atoms with Crippen molar-refractivity contribution in [3.8, 4) is 0 Å². The molecule has 0 unspecified atom stereocenters. The quantitative estimate of drug-likeness (QED) is 0.378. The van der Waals surface area contributed by atoms with Gasteiger partial charge in [-0.15, -0.1) is 0 Å². The molecule has 0 bridgehead atoms. The molecule has 0 aliphatic carbocycles. The number of nitrogens with one attached hydrogen (secondary N) is 2. The van der Waals surface area contributed by atoms with Crippen molar-refractivity contribution >= 4 is 16.9 Å². The first-order valence-electron chi connectivity index (χ1n) is 8.45. The van der Waals surface area contributed by atoms with E-state index in [1.165, 1.54) is 22.0 Å². The fourth-order valence-corrected chi connectivity index (χ4v) is 2.67. The standard InChI is InChI=1S/C18H28N4O/c1-3-14-7-5-8-16-15(13-22-17(14)16)9-11-21-18(19)20-10-6-12-23-4-2/h5,7-8,13,22H,3-4,6,9-12H2,1-2H3,(H3,19,20,21). The van der Waals surface area contributed by atoms with Crippen LogP contribution in [0.15, 0.2) is 29.4 Å². The van der Waals surface area contributed by atoms with E-state index in [-0.39, 0.29) is 0 Å². The molecule has 126 valence electrons. The van der Waals surface area contributed by atoms with Gasteiger partial charge < -0.3 is 20.8 Å². The van der Waals surface area contributed by atoms with Crippen LogP contribution in [0.2, 0.25) is 0 Å². The van der Waals surface area contributed by atoms with E-state index in [1.54, 1.807) is 0 Å². The normalized spacial score (nSPS) is 12.0. The molecule has 5 heteroatoms. The number of H-pyrrole nitrogens is 1. The van der Waals surface area contributed by atoms with Crippen LogP contribution in [0.4, 0.5) is 0 Å². The predicted molar refractivity (Wildman–Crippen MR) is 97.0 cm³/mol. The monoisotopic (exact) mass is 316 g/mol. The van der Waals surface area contributed by atoms with Gasteiger partial charge in [0, 0.05) is 43.4 Å². The molecule has 2 rings (SSSR count). The van der Waals surface area contributed by atoms with Gasteiger partial charge in [-0.25, -0.2) is 0 Å². The minimum absolute atomic E-state index is 0.510. The van der Waals surface area contributed by atoms with E-state index < -0.39 is 0 Å². The smallest absolute Gasteiger partial charge is 0.188 e. The fourth-order valence-electron chi connectivity index (χ4n) is 2.67. The molecule has 0 aliphatic heterocycles. The average Bonchev–Trinajstić information content (AvgIpc) is 2.98. The number of hydrogen-bond donors (Lipinski definition) is 3. The number of rotatable bonds is 9. The first-order chi connectivity index (χ1) is 11.3. The Morgan fingerprint density at radius 2 is 2.17 bits per heavy atom. The molecule has 0 amide bonds. The number of ether oxygens (including phenoxy) is 1. The number of guanidine groups is 1. The number of hydrogen-bond acceptors (Lipinski definition) is 2. The minimum atomic E-state index is 0.510. The first-order valence-corrected chi connectivity index (χ1v) is 8.45. The summed E-state index contributed by atoms with van der Waals surface area (Å²) in [5.74, 6) is 0.510. The van der Waals surface area contributed by atoms with Crippen LogP contribution in [0.3, 0.4) is 0 Å². The second-order valence-electron chi connectivity index (χ2n) is 5.50. The van der Waals surface area contributed by atoms with Gasteiger partial charge in [-0.2, -0.15) is 0 Å². The van der Waals surface area contributed by atoms with Gasteiger partial charge >= 0.3 is 0 Å². The number of benzene rings is 1. The van der Waals surface area contributed by atoms with Gasteiger partial charge in [0.05, 0.1) is 0 Å². The number of para-hydroxylation sites is 1. The largest absolute Gasteiger partial charge is 0.382 e. The summed E-state index contributed by atoms with van der Waals surface area (Å²) in [6, 6.07) is 6.47. The average molecular weight is 316 g/mol. The Labute approximate surface area is 138 Å². The summed E-state index contributed by atoms with van der Waals surface area (Å²) in [5, 5.41) is 4.48. The fraction of sp³-hybridized carbons (Fsp3) is 0.500. The number of nitrogens with zero attached hydrogens (tertiary/aromatic N) is 1. The number of aliphatic imine (C=N–C) groups is 1. The third kappa shape index (κ3) is 4.99. The van der Waals surface area contributed by atoms with Crippen LogP contribution in [0.1, 0.15) is 31.4 Å². The summed E-state index contributed by atoms with van der Waals surface area (Å²) < 4.78 is 5.27. The SMILES string of the molecule is CCOCCCN=C(N)NCCc1c[nH]c2c(CC)cccc12. The number of nitrogens with two attached hydrogens (primary N) is 1. The number of aryl methyl sites for hydroxylation is 1. The zero-order valence-corrected chi connectivity index (χ0v) is 14.2. The van der Waals surface area contributed by atoms with Crippen molar-refractivity contribution in [3.05, 3.63) is 35.5 Å². The lowest BCUT2D eigenvalue weighted by atomic mass is 10.1. The number of aromatic nitrogens is 1. The first kappa shape index (κ1) is 17.3. The van der Waals surface area contributed by atoms with E-state index in [0.717, 1.165) is 39.0 Å². The molecule has 0 saturated heterocycles. The topological polar surface area (TPSA) is 75.4 Å². The maximum atomic E-state index is 5.88. The summed E-state index contributed by atoms with van der Waals surface area (Å²) in [6.07, 6.45) is 4.96. The van der Waals surface area contributed by atoms with Crippen LogP contribution in [0.5, 0.6) is 0 Å². The molecule has 5 nitrogen and oxygen atoms in total. The number of fused-ring (bicyclic) bond motifs is 1. The zero-order valence-electron chi connectivity index (χ0n) is 14.2. The molecule has 0 saturated carbocycles. The Bertz CT molecular complexity index is 633. The van der Waals surface area contributed by atoms with Gasteiger partial charge in [0.2, 0.25) is 0 Å². The third-order valence-corrected chi connectivity index (χ3v) is 3.90. The van der Waals surface area contributed by atoms with Gasteiger partial charge in [-0.3, -0.25) is 4.99 Å². The van der Waals surface area contributed by atoms with Gasteiger partial charge in [-0.1, -0.05) is 25.1 Å². The van der Waals surface area contributed by atoms with Crippen LogP contribution in [0.25, 0.3) is 10.9 Å². The van der Waals surface area contributed by atoms with E-state index >= 15 is 0 Å². The lowest BCUT2D eigenvalue weighted by molar-refractivity contribution is 0.146. The van der Waals surface area contributed by atoms with Crippen LogP contribution >= 0.6 is 0 Å². The van der Waals surface area contributed by atoms with Crippen molar-refractivity contribution in [3.63, 3.8) is 0 Å². The summed E-state index contributed by atoms with van der Waals surface area (Å²) >= 11 is 0. The third-order valence-electron chi connectivity index (χ3n) is 3.90. The molecule has 0 spiro atoms. The molecular formula is C18H28N4O. The summed E-state index contributed by atoms with van der Waals surface area (Å²) in [4.78, 5) is 7.70. The van der Waals surface area contributed by atoms with Crippen molar-refractivity contribution in [2.45, 2.75) is 33.1 Å². The second-order valence-corrected chi connectivity index (χ2v) is 5.50. The zero-order chi connectivity index (χ0) is 16.5. The van der Waals surface area contributed by atoms with Crippen LogP contribution < -0.4 is 11.1 Å². The van der Waals surface area contributed by atoms with Gasteiger partial charge in [0.1, 0.15) is 0 Å². The Morgan fingerprint density at radius 1 is 1.30 bits per heavy atom. The second kappa shape index (κ2) is 9.20. The molecule has 0 aliphatic rings. The van der Waals surface area contributed by atoms with E-state index in [0.29, 0.717) is 12.5 Å². The van der Waals surface area contributed by atoms with Gasteiger partial charge in [0.15, 0.2) is 5.96 Å². The van der Waals surface area contributed by atoms with Crippen molar-refractivity contribution < 1.29 is 4.74 Å². The highest BCUT2D eigenvalue weighted by atomic mass is 16.5. The maximum Gasteiger partial charge on any atom is 0.188 e. The van der Waals surface area contributed by atoms with Crippen LogP contribution in [0, 0.1) is 0 Å². The Hall–Kier alpha value is -2.01. The molecule has 1 aromatic heterocycles. The summed E-state index contributed by atoms with van der Waals surface area (Å²) in [6.45, 7) is 7.15. The molecular weight excluding hydrogens is 288 g/mol. The predicted octanol–water partition coefficient (Wildman–Crippen LogP) is 2.60. The van der Waals surface area contributed by atoms with Gasteiger partial charge in [0.25, 0.3) is 0 Å². The highest BCUT2D eigenvalue weighted by molar-refractivity contribution is 5.86. The molecule has 0 radical (unpaired) electrons. The molecule has 1 heterocycles. The van der Waals surface area contributed by atoms with Crippen molar-refractivity contribution in [1.82, 2.24) is 10.3 Å². The minimum Gasteiger partial charge on any atom is -0.382 e. The molecule has 0 atom stereocenters. The van der Waals surface area contributed by atoms with Crippen LogP contribution in [-0.2, 0) is 17.6 Å².